The van der Waals surface area contributed by atoms with E-state index in [1.54, 1.807) is 17.9 Å². The average molecular weight is 457 g/mol. The molecule has 0 saturated heterocycles. The van der Waals surface area contributed by atoms with Crippen LogP contribution in [0.5, 0.6) is 5.75 Å². The van der Waals surface area contributed by atoms with Gasteiger partial charge in [0.25, 0.3) is 5.91 Å². The van der Waals surface area contributed by atoms with Gasteiger partial charge in [-0.05, 0) is 56.9 Å². The van der Waals surface area contributed by atoms with Crippen LogP contribution in [0.2, 0.25) is 5.02 Å². The Morgan fingerprint density at radius 3 is 2.53 bits per heavy atom. The molecule has 0 heterocycles. The SMILES string of the molecule is Cc1ccc(OCC(=O)N(Cc2ccccc2Cl)[C@@H](C)C(=O)NC2CCCCC2)c(C)c1. The quantitative estimate of drug-likeness (QED) is 0.593. The van der Waals surface area contributed by atoms with Gasteiger partial charge < -0.3 is 15.0 Å². The van der Waals surface area contributed by atoms with Crippen LogP contribution in [0.3, 0.4) is 0 Å². The number of hydrogen-bond acceptors (Lipinski definition) is 3. The number of carbonyl (C=O) groups excluding carboxylic acids is 2. The van der Waals surface area contributed by atoms with E-state index in [0.29, 0.717) is 10.8 Å². The number of nitrogens with zero attached hydrogens (tertiary/aromatic N) is 1. The number of benzene rings is 2. The number of ether oxygens (including phenoxy) is 1. The Bertz CT molecular complexity index is 940. The third kappa shape index (κ3) is 6.49. The highest BCUT2D eigenvalue weighted by molar-refractivity contribution is 6.31. The molecule has 6 heteroatoms. The summed E-state index contributed by atoms with van der Waals surface area (Å²) in [5, 5.41) is 3.71. The molecule has 0 aliphatic heterocycles. The molecule has 1 N–H and O–H groups in total. The molecule has 1 aliphatic carbocycles. The maximum absolute atomic E-state index is 13.2. The summed E-state index contributed by atoms with van der Waals surface area (Å²) in [4.78, 5) is 27.8. The Labute approximate surface area is 196 Å². The zero-order chi connectivity index (χ0) is 23.1. The molecule has 32 heavy (non-hydrogen) atoms. The summed E-state index contributed by atoms with van der Waals surface area (Å²) in [7, 11) is 0. The molecule has 3 rings (SSSR count). The van der Waals surface area contributed by atoms with E-state index in [9.17, 15) is 9.59 Å². The van der Waals surface area contributed by atoms with Crippen LogP contribution in [0, 0.1) is 13.8 Å². The standard InChI is InChI=1S/C26H33ClN2O3/c1-18-13-14-24(19(2)15-18)32-17-25(30)29(16-21-9-7-8-12-23(21)27)20(3)26(31)28-22-10-5-4-6-11-22/h7-9,12-15,20,22H,4-6,10-11,16-17H2,1-3H3,(H,28,31)/t20-/m0/s1. The molecule has 0 unspecified atom stereocenters. The largest absolute Gasteiger partial charge is 0.483 e. The van der Waals surface area contributed by atoms with Crippen molar-refractivity contribution in [2.75, 3.05) is 6.61 Å². The summed E-state index contributed by atoms with van der Waals surface area (Å²) >= 11 is 6.35. The Morgan fingerprint density at radius 1 is 1.12 bits per heavy atom. The van der Waals surface area contributed by atoms with Crippen molar-refractivity contribution in [1.82, 2.24) is 10.2 Å². The highest BCUT2D eigenvalue weighted by Crippen LogP contribution is 2.22. The summed E-state index contributed by atoms with van der Waals surface area (Å²) < 4.78 is 5.83. The lowest BCUT2D eigenvalue weighted by atomic mass is 9.95. The molecular weight excluding hydrogens is 424 g/mol. The summed E-state index contributed by atoms with van der Waals surface area (Å²) in [6, 6.07) is 12.8. The third-order valence-electron chi connectivity index (χ3n) is 6.10. The van der Waals surface area contributed by atoms with Crippen LogP contribution in [0.4, 0.5) is 0 Å². The lowest BCUT2D eigenvalue weighted by Crippen LogP contribution is -2.51. The van der Waals surface area contributed by atoms with Crippen molar-refractivity contribution in [1.29, 1.82) is 0 Å². The van der Waals surface area contributed by atoms with Crippen LogP contribution in [0.25, 0.3) is 0 Å². The number of halogens is 1. The van der Waals surface area contributed by atoms with E-state index in [-0.39, 0.29) is 31.0 Å². The lowest BCUT2D eigenvalue weighted by molar-refractivity contribution is -0.142. The zero-order valence-corrected chi connectivity index (χ0v) is 20.0. The number of aryl methyl sites for hydroxylation is 2. The first kappa shape index (κ1) is 24.1. The van der Waals surface area contributed by atoms with E-state index >= 15 is 0 Å². The van der Waals surface area contributed by atoms with E-state index < -0.39 is 6.04 Å². The van der Waals surface area contributed by atoms with E-state index in [2.05, 4.69) is 5.32 Å². The molecule has 172 valence electrons. The highest BCUT2D eigenvalue weighted by atomic mass is 35.5. The van der Waals surface area contributed by atoms with Gasteiger partial charge in [-0.25, -0.2) is 0 Å². The number of amides is 2. The minimum Gasteiger partial charge on any atom is -0.483 e. The number of rotatable bonds is 8. The molecule has 1 atom stereocenters. The second kappa shape index (κ2) is 11.4. The Hall–Kier alpha value is -2.53. The molecule has 1 saturated carbocycles. The summed E-state index contributed by atoms with van der Waals surface area (Å²) in [5.41, 5.74) is 2.90. The molecule has 0 radical (unpaired) electrons. The molecule has 0 spiro atoms. The maximum Gasteiger partial charge on any atom is 0.261 e. The first-order chi connectivity index (χ1) is 15.3. The summed E-state index contributed by atoms with van der Waals surface area (Å²) in [5.74, 6) is 0.279. The van der Waals surface area contributed by atoms with E-state index in [1.165, 1.54) is 6.42 Å². The fourth-order valence-electron chi connectivity index (χ4n) is 4.15. The second-order valence-electron chi connectivity index (χ2n) is 8.69. The van der Waals surface area contributed by atoms with Gasteiger partial charge in [0.1, 0.15) is 11.8 Å². The topological polar surface area (TPSA) is 58.6 Å². The number of nitrogens with one attached hydrogen (secondary N) is 1. The van der Waals surface area contributed by atoms with Crippen LogP contribution >= 0.6 is 11.6 Å². The van der Waals surface area contributed by atoms with Gasteiger partial charge in [0, 0.05) is 17.6 Å². The van der Waals surface area contributed by atoms with Crippen LogP contribution in [0.1, 0.15) is 55.7 Å². The van der Waals surface area contributed by atoms with Crippen molar-refractivity contribution in [3.63, 3.8) is 0 Å². The van der Waals surface area contributed by atoms with Crippen molar-refractivity contribution in [2.24, 2.45) is 0 Å². The van der Waals surface area contributed by atoms with Crippen molar-refractivity contribution in [2.45, 2.75) is 71.5 Å². The Kier molecular flexibility index (Phi) is 8.57. The normalized spacial score (nSPS) is 15.1. The Balaban J connectivity index is 1.73. The average Bonchev–Trinajstić information content (AvgIpc) is 2.78. The van der Waals surface area contributed by atoms with Crippen LogP contribution < -0.4 is 10.1 Å². The molecular formula is C26H33ClN2O3. The predicted octanol–water partition coefficient (Wildman–Crippen LogP) is 5.20. The Morgan fingerprint density at radius 2 is 1.84 bits per heavy atom. The predicted molar refractivity (Wildman–Crippen MR) is 128 cm³/mol. The minimum atomic E-state index is -0.636. The first-order valence-electron chi connectivity index (χ1n) is 11.4. The molecule has 1 aliphatic rings. The zero-order valence-electron chi connectivity index (χ0n) is 19.2. The van der Waals surface area contributed by atoms with Crippen molar-refractivity contribution >= 4 is 23.4 Å². The van der Waals surface area contributed by atoms with E-state index in [1.807, 2.05) is 50.2 Å². The van der Waals surface area contributed by atoms with Gasteiger partial charge in [-0.1, -0.05) is 66.8 Å². The molecule has 1 fully saturated rings. The van der Waals surface area contributed by atoms with Gasteiger partial charge in [0.2, 0.25) is 5.91 Å². The van der Waals surface area contributed by atoms with Gasteiger partial charge >= 0.3 is 0 Å². The van der Waals surface area contributed by atoms with Crippen LogP contribution in [-0.4, -0.2) is 35.4 Å². The van der Waals surface area contributed by atoms with Gasteiger partial charge in [-0.2, -0.15) is 0 Å². The molecule has 2 aromatic carbocycles. The molecule has 2 aromatic rings. The maximum atomic E-state index is 13.2. The van der Waals surface area contributed by atoms with Gasteiger partial charge in [-0.15, -0.1) is 0 Å². The van der Waals surface area contributed by atoms with Crippen LogP contribution in [0.15, 0.2) is 42.5 Å². The fourth-order valence-corrected chi connectivity index (χ4v) is 4.34. The van der Waals surface area contributed by atoms with Gasteiger partial charge in [0.05, 0.1) is 0 Å². The summed E-state index contributed by atoms with van der Waals surface area (Å²) in [6.07, 6.45) is 5.46. The van der Waals surface area contributed by atoms with E-state index in [0.717, 1.165) is 42.4 Å². The van der Waals surface area contributed by atoms with E-state index in [4.69, 9.17) is 16.3 Å². The van der Waals surface area contributed by atoms with Crippen LogP contribution in [-0.2, 0) is 16.1 Å². The fraction of sp³-hybridized carbons (Fsp3) is 0.462. The molecule has 0 aromatic heterocycles. The molecule has 0 bridgehead atoms. The lowest BCUT2D eigenvalue weighted by Gasteiger charge is -2.31. The van der Waals surface area contributed by atoms with Crippen molar-refractivity contribution in [3.05, 3.63) is 64.2 Å². The number of hydrogen-bond donors (Lipinski definition) is 1. The first-order valence-corrected chi connectivity index (χ1v) is 11.8. The third-order valence-corrected chi connectivity index (χ3v) is 6.47. The monoisotopic (exact) mass is 456 g/mol. The van der Waals surface area contributed by atoms with Crippen molar-refractivity contribution < 1.29 is 14.3 Å². The van der Waals surface area contributed by atoms with Gasteiger partial charge in [0.15, 0.2) is 6.61 Å². The second-order valence-corrected chi connectivity index (χ2v) is 9.10. The van der Waals surface area contributed by atoms with Gasteiger partial charge in [-0.3, -0.25) is 9.59 Å². The highest BCUT2D eigenvalue weighted by Gasteiger charge is 2.29. The minimum absolute atomic E-state index is 0.135. The molecule has 2 amide bonds. The number of carbonyl (C=O) groups is 2. The smallest absolute Gasteiger partial charge is 0.261 e. The van der Waals surface area contributed by atoms with Crippen molar-refractivity contribution in [3.8, 4) is 5.75 Å². The summed E-state index contributed by atoms with van der Waals surface area (Å²) in [6.45, 7) is 5.84. The molecule has 5 nitrogen and oxygen atoms in total.